The molecule has 0 radical (unpaired) electrons. The summed E-state index contributed by atoms with van der Waals surface area (Å²) in [6, 6.07) is 0. The standard InChI is InChI=1S/C6H7BrFN/c7-3-1-6(8)2-4-9-5-6/h9H,2,4-5H2. The highest BCUT2D eigenvalue weighted by atomic mass is 79.9. The number of nitrogens with one attached hydrogen (secondary N) is 1. The minimum absolute atomic E-state index is 0.367. The Morgan fingerprint density at radius 1 is 1.67 bits per heavy atom. The van der Waals surface area contributed by atoms with Gasteiger partial charge in [0, 0.05) is 28.9 Å². The minimum Gasteiger partial charge on any atom is -0.312 e. The zero-order valence-corrected chi connectivity index (χ0v) is 6.46. The molecule has 1 saturated heterocycles. The largest absolute Gasteiger partial charge is 0.312 e. The zero-order valence-electron chi connectivity index (χ0n) is 4.88. The fourth-order valence-electron chi connectivity index (χ4n) is 0.853. The maximum absolute atomic E-state index is 13.0. The Morgan fingerprint density at radius 3 is 2.89 bits per heavy atom. The molecule has 0 aliphatic carbocycles. The lowest BCUT2D eigenvalue weighted by atomic mass is 10.1. The first kappa shape index (κ1) is 7.04. The molecule has 1 N–H and O–H groups in total. The maximum Gasteiger partial charge on any atom is 0.185 e. The lowest BCUT2D eigenvalue weighted by Crippen LogP contribution is -2.23. The van der Waals surface area contributed by atoms with Gasteiger partial charge in [-0.15, -0.1) is 0 Å². The molecule has 50 valence electrons. The minimum atomic E-state index is -1.27. The second-order valence-corrected chi connectivity index (χ2v) is 2.51. The Hall–Kier alpha value is -0.0700. The van der Waals surface area contributed by atoms with Crippen LogP contribution < -0.4 is 5.32 Å². The average Bonchev–Trinajstić information content (AvgIpc) is 2.16. The van der Waals surface area contributed by atoms with E-state index in [4.69, 9.17) is 0 Å². The highest BCUT2D eigenvalue weighted by molar-refractivity contribution is 9.12. The molecule has 9 heavy (non-hydrogen) atoms. The molecule has 0 amide bonds. The Kier molecular flexibility index (Phi) is 2.09. The summed E-state index contributed by atoms with van der Waals surface area (Å²) in [5, 5.41) is 2.90. The smallest absolute Gasteiger partial charge is 0.185 e. The predicted molar refractivity (Wildman–Crippen MR) is 38.0 cm³/mol. The van der Waals surface area contributed by atoms with Gasteiger partial charge in [-0.3, -0.25) is 0 Å². The van der Waals surface area contributed by atoms with E-state index < -0.39 is 5.67 Å². The quantitative estimate of drug-likeness (QED) is 0.565. The van der Waals surface area contributed by atoms with E-state index in [1.807, 2.05) is 0 Å². The van der Waals surface area contributed by atoms with Crippen molar-refractivity contribution in [2.24, 2.45) is 0 Å². The van der Waals surface area contributed by atoms with E-state index in [-0.39, 0.29) is 0 Å². The van der Waals surface area contributed by atoms with Gasteiger partial charge in [-0.25, -0.2) is 4.39 Å². The summed E-state index contributed by atoms with van der Waals surface area (Å²) < 4.78 is 13.0. The second-order valence-electron chi connectivity index (χ2n) is 2.11. The van der Waals surface area contributed by atoms with Crippen molar-refractivity contribution in [3.8, 4) is 10.8 Å². The van der Waals surface area contributed by atoms with E-state index in [1.165, 1.54) is 0 Å². The summed E-state index contributed by atoms with van der Waals surface area (Å²) >= 11 is 2.87. The van der Waals surface area contributed by atoms with Gasteiger partial charge in [0.2, 0.25) is 0 Å². The van der Waals surface area contributed by atoms with Crippen LogP contribution in [0.3, 0.4) is 0 Å². The topological polar surface area (TPSA) is 12.0 Å². The van der Waals surface area contributed by atoms with Crippen LogP contribution in [0.2, 0.25) is 0 Å². The predicted octanol–water partition coefficient (Wildman–Crippen LogP) is 1.04. The van der Waals surface area contributed by atoms with Crippen molar-refractivity contribution < 1.29 is 4.39 Å². The van der Waals surface area contributed by atoms with Crippen LogP contribution in [0.4, 0.5) is 4.39 Å². The summed E-state index contributed by atoms with van der Waals surface area (Å²) in [6.07, 6.45) is 0.506. The molecule has 3 heteroatoms. The molecule has 0 aromatic rings. The van der Waals surface area contributed by atoms with Gasteiger partial charge in [-0.05, 0) is 17.3 Å². The van der Waals surface area contributed by atoms with E-state index in [0.717, 1.165) is 6.54 Å². The highest BCUT2D eigenvalue weighted by Gasteiger charge is 2.30. The summed E-state index contributed by atoms with van der Waals surface area (Å²) in [4.78, 5) is 2.40. The molecule has 1 rings (SSSR count). The number of halogens is 2. The molecule has 0 spiro atoms. The number of hydrogen-bond acceptors (Lipinski definition) is 1. The number of rotatable bonds is 0. The van der Waals surface area contributed by atoms with E-state index >= 15 is 0 Å². The van der Waals surface area contributed by atoms with Crippen LogP contribution in [-0.4, -0.2) is 18.8 Å². The third-order valence-corrected chi connectivity index (χ3v) is 1.57. The fraction of sp³-hybridized carbons (Fsp3) is 0.667. The van der Waals surface area contributed by atoms with Gasteiger partial charge >= 0.3 is 0 Å². The van der Waals surface area contributed by atoms with Gasteiger partial charge in [0.15, 0.2) is 5.67 Å². The monoisotopic (exact) mass is 191 g/mol. The summed E-state index contributed by atoms with van der Waals surface area (Å²) in [5.41, 5.74) is -1.27. The maximum atomic E-state index is 13.0. The zero-order chi connectivity index (χ0) is 6.74. The third-order valence-electron chi connectivity index (χ3n) is 1.37. The Bertz CT molecular complexity index is 152. The highest BCUT2D eigenvalue weighted by Crippen LogP contribution is 2.17. The van der Waals surface area contributed by atoms with Gasteiger partial charge in [-0.2, -0.15) is 0 Å². The molecule has 0 bridgehead atoms. The van der Waals surface area contributed by atoms with E-state index in [0.29, 0.717) is 13.0 Å². The van der Waals surface area contributed by atoms with Gasteiger partial charge in [0.25, 0.3) is 0 Å². The summed E-state index contributed by atoms with van der Waals surface area (Å²) in [6.45, 7) is 1.10. The van der Waals surface area contributed by atoms with Gasteiger partial charge in [0.1, 0.15) is 0 Å². The molecule has 1 atom stereocenters. The first-order valence-corrected chi connectivity index (χ1v) is 3.59. The molecule has 1 unspecified atom stereocenters. The summed E-state index contributed by atoms with van der Waals surface area (Å²) in [7, 11) is 0. The Balaban J connectivity index is 2.58. The Labute approximate surface area is 62.1 Å². The fourth-order valence-corrected chi connectivity index (χ4v) is 1.21. The van der Waals surface area contributed by atoms with Gasteiger partial charge in [0.05, 0.1) is 0 Å². The summed E-state index contributed by atoms with van der Waals surface area (Å²) in [5.74, 6) is 2.46. The molecular weight excluding hydrogens is 185 g/mol. The van der Waals surface area contributed by atoms with Crippen LogP contribution in [0.5, 0.6) is 0 Å². The van der Waals surface area contributed by atoms with E-state index in [1.54, 1.807) is 0 Å². The van der Waals surface area contributed by atoms with Crippen LogP contribution in [0.25, 0.3) is 0 Å². The molecule has 1 aliphatic rings. The van der Waals surface area contributed by atoms with Crippen molar-refractivity contribution >= 4 is 15.9 Å². The van der Waals surface area contributed by atoms with Crippen molar-refractivity contribution in [1.82, 2.24) is 5.32 Å². The Morgan fingerprint density at radius 2 is 2.44 bits per heavy atom. The first-order valence-electron chi connectivity index (χ1n) is 2.79. The van der Waals surface area contributed by atoms with Crippen molar-refractivity contribution in [3.05, 3.63) is 0 Å². The van der Waals surface area contributed by atoms with Gasteiger partial charge in [-0.1, -0.05) is 0 Å². The van der Waals surface area contributed by atoms with Crippen LogP contribution in [0.15, 0.2) is 0 Å². The number of hydrogen-bond donors (Lipinski definition) is 1. The van der Waals surface area contributed by atoms with E-state index in [2.05, 4.69) is 32.0 Å². The van der Waals surface area contributed by atoms with Crippen LogP contribution in [-0.2, 0) is 0 Å². The lowest BCUT2D eigenvalue weighted by molar-refractivity contribution is 0.272. The molecule has 0 aromatic heterocycles. The van der Waals surface area contributed by atoms with Crippen molar-refractivity contribution in [2.75, 3.05) is 13.1 Å². The third kappa shape index (κ3) is 1.67. The van der Waals surface area contributed by atoms with Crippen LogP contribution in [0, 0.1) is 10.8 Å². The molecule has 1 aliphatic heterocycles. The van der Waals surface area contributed by atoms with Crippen molar-refractivity contribution in [2.45, 2.75) is 12.1 Å². The van der Waals surface area contributed by atoms with Crippen LogP contribution in [0.1, 0.15) is 6.42 Å². The van der Waals surface area contributed by atoms with Crippen molar-refractivity contribution in [3.63, 3.8) is 0 Å². The van der Waals surface area contributed by atoms with Crippen LogP contribution >= 0.6 is 15.9 Å². The molecule has 1 nitrogen and oxygen atoms in total. The molecule has 1 heterocycles. The first-order chi connectivity index (χ1) is 4.27. The molecule has 1 fully saturated rings. The molecular formula is C6H7BrFN. The normalized spacial score (nSPS) is 33.6. The SMILES string of the molecule is FC1(C#CBr)CCNC1. The lowest BCUT2D eigenvalue weighted by Gasteiger charge is -2.06. The number of alkyl halides is 1. The molecule has 0 aromatic carbocycles. The second kappa shape index (κ2) is 2.68. The average molecular weight is 192 g/mol. The van der Waals surface area contributed by atoms with Gasteiger partial charge < -0.3 is 5.32 Å². The van der Waals surface area contributed by atoms with Crippen molar-refractivity contribution in [1.29, 1.82) is 0 Å². The van der Waals surface area contributed by atoms with E-state index in [9.17, 15) is 4.39 Å². The molecule has 0 saturated carbocycles.